The Bertz CT molecular complexity index is 616. The number of carbonyl (C=O) groups is 2. The molecule has 1 aliphatic carbocycles. The van der Waals surface area contributed by atoms with Gasteiger partial charge >= 0.3 is 5.97 Å². The lowest BCUT2D eigenvalue weighted by atomic mass is 9.90. The van der Waals surface area contributed by atoms with E-state index in [1.54, 1.807) is 30.0 Å². The number of hydrogen-bond acceptors (Lipinski definition) is 6. The van der Waals surface area contributed by atoms with Crippen LogP contribution in [0.15, 0.2) is 24.3 Å². The van der Waals surface area contributed by atoms with Gasteiger partial charge in [-0.2, -0.15) is 11.8 Å². The molecule has 1 rings (SSSR count). The van der Waals surface area contributed by atoms with Gasteiger partial charge in [0.25, 0.3) is 0 Å². The zero-order chi connectivity index (χ0) is 20.9. The lowest BCUT2D eigenvalue weighted by Crippen LogP contribution is -2.21. The van der Waals surface area contributed by atoms with Crippen molar-refractivity contribution in [1.82, 2.24) is 0 Å². The predicted molar refractivity (Wildman–Crippen MR) is 113 cm³/mol. The molecule has 1 saturated carbocycles. The minimum Gasteiger partial charge on any atom is -0.466 e. The number of ketones is 1. The summed E-state index contributed by atoms with van der Waals surface area (Å²) in [5, 5.41) is 20.5. The van der Waals surface area contributed by atoms with E-state index in [1.807, 2.05) is 13.8 Å². The van der Waals surface area contributed by atoms with Gasteiger partial charge in [-0.15, -0.1) is 11.8 Å². The molecule has 0 saturated heterocycles. The molecule has 0 aliphatic heterocycles. The van der Waals surface area contributed by atoms with E-state index in [1.165, 1.54) is 13.2 Å². The van der Waals surface area contributed by atoms with E-state index < -0.39 is 12.2 Å². The summed E-state index contributed by atoms with van der Waals surface area (Å²) < 4.78 is 4.53. The first-order valence-corrected chi connectivity index (χ1v) is 10.9. The number of methoxy groups -OCH3 is 1. The van der Waals surface area contributed by atoms with Crippen LogP contribution >= 0.6 is 11.8 Å². The molecule has 156 valence electrons. The summed E-state index contributed by atoms with van der Waals surface area (Å²) >= 11 is 1.62. The van der Waals surface area contributed by atoms with Gasteiger partial charge in [-0.1, -0.05) is 32.1 Å². The van der Waals surface area contributed by atoms with Crippen LogP contribution in [0.3, 0.4) is 0 Å². The highest BCUT2D eigenvalue weighted by Gasteiger charge is 2.39. The van der Waals surface area contributed by atoms with Crippen LogP contribution in [0.2, 0.25) is 0 Å². The fourth-order valence-corrected chi connectivity index (χ4v) is 3.90. The van der Waals surface area contributed by atoms with E-state index in [0.29, 0.717) is 18.6 Å². The second kappa shape index (κ2) is 13.6. The van der Waals surface area contributed by atoms with Crippen LogP contribution in [0.5, 0.6) is 0 Å². The third kappa shape index (κ3) is 8.64. The van der Waals surface area contributed by atoms with Crippen LogP contribution in [0.1, 0.15) is 39.5 Å². The van der Waals surface area contributed by atoms with E-state index in [4.69, 9.17) is 0 Å². The Kier molecular flexibility index (Phi) is 11.9. The average molecular weight is 409 g/mol. The van der Waals surface area contributed by atoms with E-state index in [2.05, 4.69) is 16.6 Å². The van der Waals surface area contributed by atoms with E-state index in [-0.39, 0.29) is 35.9 Å². The third-order valence-electron chi connectivity index (χ3n) is 4.81. The molecule has 5 atom stereocenters. The number of thioether (sulfide) groups is 1. The fourth-order valence-electron chi connectivity index (χ4n) is 3.08. The second-order valence-electron chi connectivity index (χ2n) is 6.97. The van der Waals surface area contributed by atoms with Crippen LogP contribution in [0, 0.1) is 29.6 Å². The number of aliphatic hydroxyl groups is 2. The van der Waals surface area contributed by atoms with Gasteiger partial charge in [0.05, 0.1) is 19.3 Å². The molecule has 0 heterocycles. The summed E-state index contributed by atoms with van der Waals surface area (Å²) in [6.45, 7) is 3.92. The van der Waals surface area contributed by atoms with Gasteiger partial charge in [-0.05, 0) is 18.1 Å². The Morgan fingerprint density at radius 3 is 2.86 bits per heavy atom. The fraction of sp³-hybridized carbons (Fsp3) is 0.636. The van der Waals surface area contributed by atoms with Crippen LogP contribution in [-0.4, -0.2) is 52.8 Å². The minimum atomic E-state index is -0.694. The van der Waals surface area contributed by atoms with Gasteiger partial charge in [0, 0.05) is 42.9 Å². The average Bonchev–Trinajstić information content (AvgIpc) is 2.94. The Hall–Kier alpha value is -1.55. The molecule has 0 aromatic carbocycles. The van der Waals surface area contributed by atoms with E-state index in [0.717, 1.165) is 12.2 Å². The van der Waals surface area contributed by atoms with Crippen molar-refractivity contribution in [2.45, 2.75) is 51.7 Å². The van der Waals surface area contributed by atoms with Crippen LogP contribution in [0.25, 0.3) is 0 Å². The number of hydrogen-bond donors (Lipinski definition) is 2. The lowest BCUT2D eigenvalue weighted by molar-refractivity contribution is -0.134. The SMILES string of the molecule is CCC#CC[C@H](C)C(O)/C=C/[C@H]1[C@H](O)CC(=O)[C@@H]1CCSC/C=C/C(=O)OC. The molecule has 6 heteroatoms. The maximum Gasteiger partial charge on any atom is 0.330 e. The summed E-state index contributed by atoms with van der Waals surface area (Å²) in [7, 11) is 1.33. The van der Waals surface area contributed by atoms with Gasteiger partial charge in [0.15, 0.2) is 0 Å². The van der Waals surface area contributed by atoms with Crippen molar-refractivity contribution in [3.05, 3.63) is 24.3 Å². The zero-order valence-corrected chi connectivity index (χ0v) is 17.8. The van der Waals surface area contributed by atoms with E-state index >= 15 is 0 Å². The standard InChI is InChI=1S/C22H32O5S/c1-4-5-6-8-16(2)19(23)11-10-17-18(21(25)15-20(17)24)12-14-28-13-7-9-22(26)27-3/h7,9-11,16-20,23-24H,4,8,12-15H2,1-3H3/b9-7+,11-10+/t16-,17+,18+,19?,20+/m0/s1. The van der Waals surface area contributed by atoms with E-state index in [9.17, 15) is 19.8 Å². The lowest BCUT2D eigenvalue weighted by Gasteiger charge is -2.19. The number of carbonyl (C=O) groups excluding carboxylic acids is 2. The molecular formula is C22H32O5S. The van der Waals surface area contributed by atoms with Gasteiger partial charge in [0.1, 0.15) is 5.78 Å². The molecule has 2 N–H and O–H groups in total. The molecular weight excluding hydrogens is 376 g/mol. The Labute approximate surface area is 172 Å². The van der Waals surface area contributed by atoms with Crippen molar-refractivity contribution in [1.29, 1.82) is 0 Å². The van der Waals surface area contributed by atoms with Gasteiger partial charge in [-0.3, -0.25) is 4.79 Å². The van der Waals surface area contributed by atoms with Crippen molar-refractivity contribution in [3.8, 4) is 11.8 Å². The number of ether oxygens (including phenoxy) is 1. The summed E-state index contributed by atoms with van der Waals surface area (Å²) in [4.78, 5) is 23.2. The molecule has 0 aromatic heterocycles. The van der Waals surface area contributed by atoms with Crippen molar-refractivity contribution >= 4 is 23.5 Å². The third-order valence-corrected chi connectivity index (χ3v) is 5.77. The number of esters is 1. The smallest absolute Gasteiger partial charge is 0.330 e. The first-order valence-electron chi connectivity index (χ1n) is 9.75. The highest BCUT2D eigenvalue weighted by molar-refractivity contribution is 7.99. The quantitative estimate of drug-likeness (QED) is 0.190. The molecule has 0 amide bonds. The molecule has 0 spiro atoms. The largest absolute Gasteiger partial charge is 0.466 e. The number of Topliss-reactive ketones (excluding diaryl/α,β-unsaturated/α-hetero) is 1. The maximum atomic E-state index is 12.2. The first-order chi connectivity index (χ1) is 13.4. The Morgan fingerprint density at radius 2 is 2.18 bits per heavy atom. The van der Waals surface area contributed by atoms with Gasteiger partial charge in [-0.25, -0.2) is 4.79 Å². The van der Waals surface area contributed by atoms with Gasteiger partial charge in [0.2, 0.25) is 0 Å². The van der Waals surface area contributed by atoms with Crippen molar-refractivity contribution in [2.75, 3.05) is 18.6 Å². The zero-order valence-electron chi connectivity index (χ0n) is 17.0. The minimum absolute atomic E-state index is 0.000140. The Balaban J connectivity index is 2.52. The number of aliphatic hydroxyl groups excluding tert-OH is 2. The Morgan fingerprint density at radius 1 is 1.43 bits per heavy atom. The molecule has 0 aromatic rings. The summed E-state index contributed by atoms with van der Waals surface area (Å²) in [6.07, 6.45) is 7.52. The van der Waals surface area contributed by atoms with Crippen molar-refractivity contribution in [3.63, 3.8) is 0 Å². The summed E-state index contributed by atoms with van der Waals surface area (Å²) in [5.74, 6) is 6.65. The summed E-state index contributed by atoms with van der Waals surface area (Å²) in [6, 6.07) is 0. The normalized spacial score (nSPS) is 24.3. The highest BCUT2D eigenvalue weighted by Crippen LogP contribution is 2.34. The molecule has 5 nitrogen and oxygen atoms in total. The van der Waals surface area contributed by atoms with Crippen molar-refractivity contribution in [2.24, 2.45) is 17.8 Å². The van der Waals surface area contributed by atoms with Crippen molar-refractivity contribution < 1.29 is 24.5 Å². The molecule has 1 fully saturated rings. The summed E-state index contributed by atoms with van der Waals surface area (Å²) in [5.41, 5.74) is 0. The molecule has 1 unspecified atom stereocenters. The molecule has 1 aliphatic rings. The predicted octanol–water partition coefficient (Wildman–Crippen LogP) is 2.76. The van der Waals surface area contributed by atoms with Crippen LogP contribution in [-0.2, 0) is 14.3 Å². The first kappa shape index (κ1) is 24.5. The van der Waals surface area contributed by atoms with Gasteiger partial charge < -0.3 is 14.9 Å². The monoisotopic (exact) mass is 408 g/mol. The molecule has 28 heavy (non-hydrogen) atoms. The second-order valence-corrected chi connectivity index (χ2v) is 8.12. The maximum absolute atomic E-state index is 12.2. The topological polar surface area (TPSA) is 83.8 Å². The highest BCUT2D eigenvalue weighted by atomic mass is 32.2. The number of rotatable bonds is 10. The molecule has 0 bridgehead atoms. The molecule has 0 radical (unpaired) electrons. The van der Waals surface area contributed by atoms with Crippen LogP contribution < -0.4 is 0 Å². The van der Waals surface area contributed by atoms with Crippen LogP contribution in [0.4, 0.5) is 0 Å².